The van der Waals surface area contributed by atoms with Gasteiger partial charge < -0.3 is 5.32 Å². The largest absolute Gasteiger partial charge is 0.365 e. The zero-order valence-electron chi connectivity index (χ0n) is 10.2. The Bertz CT molecular complexity index is 538. The number of hydrogen-bond donors (Lipinski definition) is 1. The maximum atomic E-state index is 5.83. The predicted octanol–water partition coefficient (Wildman–Crippen LogP) is 3.60. The van der Waals surface area contributed by atoms with E-state index < -0.39 is 0 Å². The van der Waals surface area contributed by atoms with Gasteiger partial charge in [0, 0.05) is 21.5 Å². The van der Waals surface area contributed by atoms with E-state index in [1.165, 1.54) is 29.7 Å². The van der Waals surface area contributed by atoms with Gasteiger partial charge in [-0.1, -0.05) is 0 Å². The Morgan fingerprint density at radius 2 is 2.22 bits per heavy atom. The lowest BCUT2D eigenvalue weighted by atomic mass is 10.2. The highest BCUT2D eigenvalue weighted by atomic mass is 35.5. The van der Waals surface area contributed by atoms with Crippen molar-refractivity contribution in [3.63, 3.8) is 0 Å². The summed E-state index contributed by atoms with van der Waals surface area (Å²) in [6.45, 7) is 2.73. The first-order valence-electron chi connectivity index (χ1n) is 6.06. The first kappa shape index (κ1) is 11.9. The van der Waals surface area contributed by atoms with E-state index in [4.69, 9.17) is 11.6 Å². The van der Waals surface area contributed by atoms with Gasteiger partial charge in [-0.15, -0.1) is 11.3 Å². The number of thiophene rings is 1. The van der Waals surface area contributed by atoms with Crippen LogP contribution in [0.25, 0.3) is 0 Å². The molecule has 1 aliphatic carbocycles. The molecule has 0 amide bonds. The van der Waals surface area contributed by atoms with E-state index in [-0.39, 0.29) is 0 Å². The zero-order chi connectivity index (χ0) is 12.5. The van der Waals surface area contributed by atoms with Crippen molar-refractivity contribution in [2.75, 3.05) is 5.32 Å². The molecule has 0 atom stereocenters. The summed E-state index contributed by atoms with van der Waals surface area (Å²) in [5, 5.41) is 3.60. The van der Waals surface area contributed by atoms with Crippen LogP contribution in [0, 0.1) is 6.92 Å². The minimum Gasteiger partial charge on any atom is -0.365 e. The van der Waals surface area contributed by atoms with Gasteiger partial charge >= 0.3 is 0 Å². The van der Waals surface area contributed by atoms with Crippen molar-refractivity contribution in [2.45, 2.75) is 32.7 Å². The number of halogens is 1. The highest BCUT2D eigenvalue weighted by Gasteiger charge is 2.14. The Balaban J connectivity index is 1.70. The van der Waals surface area contributed by atoms with Gasteiger partial charge in [0.2, 0.25) is 5.28 Å². The van der Waals surface area contributed by atoms with E-state index in [0.717, 1.165) is 18.1 Å². The van der Waals surface area contributed by atoms with Gasteiger partial charge in [0.1, 0.15) is 5.82 Å². The Labute approximate surface area is 115 Å². The molecule has 0 unspecified atom stereocenters. The van der Waals surface area contributed by atoms with Crippen LogP contribution in [0.15, 0.2) is 12.1 Å². The lowest BCUT2D eigenvalue weighted by Gasteiger charge is -2.05. The van der Waals surface area contributed by atoms with Gasteiger partial charge in [-0.05, 0) is 49.4 Å². The van der Waals surface area contributed by atoms with Gasteiger partial charge in [0.15, 0.2) is 0 Å². The molecular weight excluding hydrogens is 266 g/mol. The third-order valence-corrected chi connectivity index (χ3v) is 4.47. The topological polar surface area (TPSA) is 37.8 Å². The lowest BCUT2D eigenvalue weighted by molar-refractivity contribution is 0.913. The number of rotatable bonds is 3. The van der Waals surface area contributed by atoms with Gasteiger partial charge in [0.05, 0.1) is 6.54 Å². The van der Waals surface area contributed by atoms with Crippen molar-refractivity contribution in [3.8, 4) is 0 Å². The van der Waals surface area contributed by atoms with Crippen LogP contribution in [0.2, 0.25) is 5.28 Å². The molecule has 2 aromatic rings. The Morgan fingerprint density at radius 3 is 3.00 bits per heavy atom. The van der Waals surface area contributed by atoms with E-state index >= 15 is 0 Å². The smallest absolute Gasteiger partial charge is 0.224 e. The highest BCUT2D eigenvalue weighted by Crippen LogP contribution is 2.30. The van der Waals surface area contributed by atoms with Crippen molar-refractivity contribution in [3.05, 3.63) is 38.4 Å². The summed E-state index contributed by atoms with van der Waals surface area (Å²) >= 11 is 7.74. The van der Waals surface area contributed by atoms with Crippen LogP contribution in [0.3, 0.4) is 0 Å². The highest BCUT2D eigenvalue weighted by molar-refractivity contribution is 7.12. The summed E-state index contributed by atoms with van der Waals surface area (Å²) in [6.07, 6.45) is 3.80. The first-order chi connectivity index (χ1) is 8.70. The van der Waals surface area contributed by atoms with Crippen LogP contribution in [-0.2, 0) is 19.4 Å². The number of anilines is 1. The summed E-state index contributed by atoms with van der Waals surface area (Å²) in [6, 6.07) is 4.23. The number of nitrogens with one attached hydrogen (secondary N) is 1. The average Bonchev–Trinajstić information content (AvgIpc) is 2.84. The molecule has 0 aromatic carbocycles. The molecule has 0 radical (unpaired) electrons. The van der Waals surface area contributed by atoms with Gasteiger partial charge in [-0.3, -0.25) is 0 Å². The number of nitrogens with zero attached hydrogens (tertiary/aromatic N) is 2. The summed E-state index contributed by atoms with van der Waals surface area (Å²) in [5.41, 5.74) is 2.42. The van der Waals surface area contributed by atoms with Gasteiger partial charge in [0.25, 0.3) is 0 Å². The molecule has 0 aliphatic heterocycles. The molecule has 3 rings (SSSR count). The minimum absolute atomic E-state index is 0.297. The fraction of sp³-hybridized carbons (Fsp3) is 0.385. The monoisotopic (exact) mass is 279 g/mol. The minimum atomic E-state index is 0.297. The van der Waals surface area contributed by atoms with E-state index in [2.05, 4.69) is 21.4 Å². The Morgan fingerprint density at radius 1 is 1.33 bits per heavy atom. The lowest BCUT2D eigenvalue weighted by Crippen LogP contribution is -2.01. The number of hydrogen-bond acceptors (Lipinski definition) is 4. The zero-order valence-corrected chi connectivity index (χ0v) is 11.7. The molecule has 0 spiro atoms. The molecule has 2 heterocycles. The fourth-order valence-corrected chi connectivity index (χ4v) is 3.70. The average molecular weight is 280 g/mol. The molecule has 18 heavy (non-hydrogen) atoms. The van der Waals surface area contributed by atoms with Gasteiger partial charge in [-0.2, -0.15) is 0 Å². The first-order valence-corrected chi connectivity index (χ1v) is 7.26. The Hall–Kier alpha value is -1.13. The van der Waals surface area contributed by atoms with Crippen molar-refractivity contribution in [2.24, 2.45) is 0 Å². The Kier molecular flexibility index (Phi) is 3.22. The summed E-state index contributed by atoms with van der Waals surface area (Å²) < 4.78 is 0. The van der Waals surface area contributed by atoms with Crippen LogP contribution in [0.1, 0.15) is 27.4 Å². The second-order valence-corrected chi connectivity index (χ2v) is 6.09. The number of aromatic nitrogens is 2. The fourth-order valence-electron chi connectivity index (χ4n) is 2.28. The van der Waals surface area contributed by atoms with E-state index in [9.17, 15) is 0 Å². The normalized spacial score (nSPS) is 13.7. The molecule has 1 aliphatic rings. The van der Waals surface area contributed by atoms with Crippen LogP contribution < -0.4 is 5.32 Å². The molecule has 0 bridgehead atoms. The molecule has 5 heteroatoms. The molecule has 0 saturated carbocycles. The van der Waals surface area contributed by atoms with Gasteiger partial charge in [-0.25, -0.2) is 9.97 Å². The second kappa shape index (κ2) is 4.86. The summed E-state index contributed by atoms with van der Waals surface area (Å²) in [4.78, 5) is 11.1. The third-order valence-electron chi connectivity index (χ3n) is 3.07. The number of aryl methyl sites for hydroxylation is 3. The van der Waals surface area contributed by atoms with Crippen molar-refractivity contribution >= 4 is 28.8 Å². The molecule has 3 nitrogen and oxygen atoms in total. The molecule has 1 N–H and O–H groups in total. The molecule has 2 aromatic heterocycles. The molecule has 94 valence electrons. The standard InChI is InChI=1S/C13H14ClN3S/c1-8-5-12(17-13(14)16-8)15-7-10-6-9-3-2-4-11(9)18-10/h5-6H,2-4,7H2,1H3,(H,15,16,17). The summed E-state index contributed by atoms with van der Waals surface area (Å²) in [5.74, 6) is 0.793. The van der Waals surface area contributed by atoms with Crippen LogP contribution in [0.4, 0.5) is 5.82 Å². The van der Waals surface area contributed by atoms with Crippen LogP contribution in [0.5, 0.6) is 0 Å². The summed E-state index contributed by atoms with van der Waals surface area (Å²) in [7, 11) is 0. The van der Waals surface area contributed by atoms with E-state index in [1.54, 1.807) is 4.88 Å². The third kappa shape index (κ3) is 2.49. The van der Waals surface area contributed by atoms with E-state index in [0.29, 0.717) is 5.28 Å². The molecular formula is C13H14ClN3S. The van der Waals surface area contributed by atoms with E-state index in [1.807, 2.05) is 24.3 Å². The quantitative estimate of drug-likeness (QED) is 0.873. The maximum Gasteiger partial charge on any atom is 0.224 e. The predicted molar refractivity (Wildman–Crippen MR) is 75.4 cm³/mol. The molecule has 0 fully saturated rings. The molecule has 0 saturated heterocycles. The maximum absolute atomic E-state index is 5.83. The van der Waals surface area contributed by atoms with Crippen LogP contribution >= 0.6 is 22.9 Å². The van der Waals surface area contributed by atoms with Crippen molar-refractivity contribution in [1.29, 1.82) is 0 Å². The number of fused-ring (bicyclic) bond motifs is 1. The van der Waals surface area contributed by atoms with Crippen molar-refractivity contribution < 1.29 is 0 Å². The van der Waals surface area contributed by atoms with Crippen LogP contribution in [-0.4, -0.2) is 9.97 Å². The second-order valence-electron chi connectivity index (χ2n) is 4.53. The SMILES string of the molecule is Cc1cc(NCc2cc3c(s2)CCC3)nc(Cl)n1. The van der Waals surface area contributed by atoms with Crippen molar-refractivity contribution in [1.82, 2.24) is 9.97 Å².